The van der Waals surface area contributed by atoms with Crippen LogP contribution in [0.1, 0.15) is 145 Å². The first-order valence-corrected chi connectivity index (χ1v) is 37.8. The van der Waals surface area contributed by atoms with Crippen LogP contribution in [0, 0.1) is 69.1 Å². The Morgan fingerprint density at radius 3 is 1.42 bits per heavy atom. The number of hydrogen-bond donors (Lipinski definition) is 4. The molecule has 2 aromatic rings. The Kier molecular flexibility index (Phi) is 31.6. The number of benzene rings is 2. The monoisotopic (exact) mass is 1550 g/mol. The zero-order valence-electron chi connectivity index (χ0n) is 50.8. The number of hydrogen-bond acceptors (Lipinski definition) is 15. The van der Waals surface area contributed by atoms with Crippen LogP contribution in [0.2, 0.25) is 19.6 Å². The summed E-state index contributed by atoms with van der Waals surface area (Å²) >= 11 is 7.70. The second kappa shape index (κ2) is 33.2. The molecule has 2 aromatic carbocycles. The fourth-order valence-electron chi connectivity index (χ4n) is 8.11. The van der Waals surface area contributed by atoms with Crippen molar-refractivity contribution in [1.29, 1.82) is 0 Å². The highest BCUT2D eigenvalue weighted by molar-refractivity contribution is 15.0. The van der Waals surface area contributed by atoms with E-state index in [1.165, 1.54) is 0 Å². The molecule has 15 atom stereocenters. The first-order valence-electron chi connectivity index (χ1n) is 27.1. The first kappa shape index (κ1) is 77.1. The molecule has 3 fully saturated rings. The van der Waals surface area contributed by atoms with Crippen LogP contribution in [0.3, 0.4) is 0 Å². The SMILES string of the molecule is C#Cc1cccc([C@H]2O[C@H](CO)[C@@H](O)[C@H](O)[C@@H]2O)c1.C[C@H]1[C@H](C)[C@@H](COC(=O)C(C)(C)C)O[C@H](Br)[C@H]1OC(=O)C(C)(C)C.C[C@H]1[C@H](C)[C@@H](COC(=O)C(C)(C)C)O[C@H](c2cccc(C#C[Si](C)(C)C)c2)[C@H]1OC(=O)C(C)(C)C.I.II. The number of carbonyl (C=O) groups is 4. The molecule has 0 aliphatic carbocycles. The van der Waals surface area contributed by atoms with Crippen molar-refractivity contribution in [2.24, 2.45) is 45.3 Å². The minimum absolute atomic E-state index is 0. The summed E-state index contributed by atoms with van der Waals surface area (Å²) in [5.41, 5.74) is 4.12. The van der Waals surface area contributed by atoms with Crippen molar-refractivity contribution >= 4 is 109 Å². The number of carbonyl (C=O) groups excluding carboxylic acids is 4. The van der Waals surface area contributed by atoms with Crippen LogP contribution >= 0.6 is 77.1 Å². The summed E-state index contributed by atoms with van der Waals surface area (Å²) < 4.78 is 40.7. The third kappa shape index (κ3) is 23.7. The minimum atomic E-state index is -1.53. The lowest BCUT2D eigenvalue weighted by Gasteiger charge is -2.45. The maximum absolute atomic E-state index is 12.9. The van der Waals surface area contributed by atoms with Crippen molar-refractivity contribution in [2.45, 2.75) is 196 Å². The van der Waals surface area contributed by atoms with Gasteiger partial charge >= 0.3 is 23.9 Å². The molecule has 3 saturated heterocycles. The average Bonchev–Trinajstić information content (AvgIpc) is 3.37. The molecular formula is C61H92BrI3O15Si. The molecule has 15 nitrogen and oxygen atoms in total. The van der Waals surface area contributed by atoms with Gasteiger partial charge in [-0.05, 0) is 130 Å². The number of aliphatic hydroxyl groups excluding tert-OH is 4. The zero-order valence-corrected chi connectivity index (χ0v) is 60.0. The summed E-state index contributed by atoms with van der Waals surface area (Å²) in [6, 6.07) is 14.8. The summed E-state index contributed by atoms with van der Waals surface area (Å²) in [5.74, 6) is 4.93. The van der Waals surface area contributed by atoms with Gasteiger partial charge in [0.1, 0.15) is 75.1 Å². The predicted octanol–water partition coefficient (Wildman–Crippen LogP) is 11.7. The smallest absolute Gasteiger partial charge is 0.311 e. The van der Waals surface area contributed by atoms with Gasteiger partial charge in [0.05, 0.1) is 40.5 Å². The van der Waals surface area contributed by atoms with Crippen LogP contribution in [0.25, 0.3) is 0 Å². The average molecular weight is 1550 g/mol. The molecule has 20 heteroatoms. The quantitative estimate of drug-likeness (QED) is 0.0459. The van der Waals surface area contributed by atoms with E-state index in [1.54, 1.807) is 24.3 Å². The summed E-state index contributed by atoms with van der Waals surface area (Å²) in [5, 5.41) is 38.1. The Labute approximate surface area is 533 Å². The largest absolute Gasteiger partial charge is 0.463 e. The molecule has 0 spiro atoms. The Morgan fingerprint density at radius 1 is 0.593 bits per heavy atom. The normalized spacial score (nSPS) is 28.5. The molecule has 0 aromatic heterocycles. The van der Waals surface area contributed by atoms with Crippen molar-refractivity contribution < 1.29 is 72.8 Å². The van der Waals surface area contributed by atoms with E-state index in [-0.39, 0.29) is 103 Å². The molecular weight excluding hydrogens is 1460 g/mol. The van der Waals surface area contributed by atoms with Crippen molar-refractivity contribution in [3.63, 3.8) is 0 Å². The lowest BCUT2D eigenvalue weighted by atomic mass is 9.79. The van der Waals surface area contributed by atoms with Gasteiger partial charge in [0.2, 0.25) is 0 Å². The second-order valence-electron chi connectivity index (χ2n) is 26.1. The summed E-state index contributed by atoms with van der Waals surface area (Å²) in [7, 11) is -1.53. The van der Waals surface area contributed by atoms with Crippen LogP contribution in [0.15, 0.2) is 48.5 Å². The highest BCUT2D eigenvalue weighted by Crippen LogP contribution is 2.42. The molecule has 3 aliphatic rings. The number of aliphatic hydroxyl groups is 4. The van der Waals surface area contributed by atoms with Gasteiger partial charge in [-0.3, -0.25) is 19.2 Å². The molecule has 0 unspecified atom stereocenters. The van der Waals surface area contributed by atoms with E-state index < -0.39 is 84.1 Å². The Morgan fingerprint density at radius 2 is 0.988 bits per heavy atom. The van der Waals surface area contributed by atoms with Crippen molar-refractivity contribution in [2.75, 3.05) is 19.8 Å². The van der Waals surface area contributed by atoms with Gasteiger partial charge in [-0.1, -0.05) is 99.4 Å². The molecule has 0 radical (unpaired) electrons. The van der Waals surface area contributed by atoms with Crippen LogP contribution in [-0.4, -0.2) is 126 Å². The number of halogens is 4. The molecule has 4 N–H and O–H groups in total. The van der Waals surface area contributed by atoms with Crippen LogP contribution in [0.5, 0.6) is 0 Å². The Hall–Kier alpha value is -1.95. The van der Waals surface area contributed by atoms with Gasteiger partial charge in [-0.2, -0.15) is 0 Å². The third-order valence-corrected chi connectivity index (χ3v) is 15.4. The molecule has 5 rings (SSSR count). The van der Waals surface area contributed by atoms with E-state index in [2.05, 4.69) is 104 Å². The van der Waals surface area contributed by atoms with E-state index in [0.29, 0.717) is 11.1 Å². The van der Waals surface area contributed by atoms with E-state index >= 15 is 0 Å². The van der Waals surface area contributed by atoms with Crippen LogP contribution in [0.4, 0.5) is 0 Å². The summed E-state index contributed by atoms with van der Waals surface area (Å²) in [6.07, 6.45) is -2.36. The Balaban J connectivity index is 0.000000623. The van der Waals surface area contributed by atoms with Gasteiger partial charge in [0, 0.05) is 60.2 Å². The second-order valence-corrected chi connectivity index (χ2v) is 31.8. The number of ether oxygens (including phenoxy) is 7. The fourth-order valence-corrected chi connectivity index (χ4v) is 9.50. The van der Waals surface area contributed by atoms with Gasteiger partial charge in [-0.25, -0.2) is 0 Å². The fraction of sp³-hybridized carbons (Fsp3) is 0.672. The number of alkyl halides is 1. The van der Waals surface area contributed by atoms with Crippen LogP contribution in [-0.2, 0) is 52.3 Å². The van der Waals surface area contributed by atoms with Crippen molar-refractivity contribution in [1.82, 2.24) is 0 Å². The molecule has 0 amide bonds. The molecule has 0 bridgehead atoms. The summed E-state index contributed by atoms with van der Waals surface area (Å²) in [4.78, 5) is 49.4. The topological polar surface area (TPSA) is 214 Å². The lowest BCUT2D eigenvalue weighted by Crippen LogP contribution is -2.55. The van der Waals surface area contributed by atoms with E-state index in [1.807, 2.05) is 121 Å². The third-order valence-electron chi connectivity index (χ3n) is 13.8. The number of rotatable bonds is 9. The predicted molar refractivity (Wildman–Crippen MR) is 349 cm³/mol. The summed E-state index contributed by atoms with van der Waals surface area (Å²) in [6.45, 7) is 36.7. The zero-order chi connectivity index (χ0) is 61.6. The maximum Gasteiger partial charge on any atom is 0.311 e. The van der Waals surface area contributed by atoms with E-state index in [9.17, 15) is 34.5 Å². The van der Waals surface area contributed by atoms with E-state index in [4.69, 9.17) is 44.7 Å². The van der Waals surface area contributed by atoms with Crippen molar-refractivity contribution in [3.8, 4) is 23.8 Å². The lowest BCUT2D eigenvalue weighted by molar-refractivity contribution is -0.231. The van der Waals surface area contributed by atoms with Gasteiger partial charge in [-0.15, -0.1) is 35.9 Å². The van der Waals surface area contributed by atoms with Crippen molar-refractivity contribution in [3.05, 3.63) is 70.8 Å². The van der Waals surface area contributed by atoms with Gasteiger partial charge < -0.3 is 53.6 Å². The highest BCUT2D eigenvalue weighted by Gasteiger charge is 2.48. The number of terminal acetylenes is 1. The molecule has 3 aliphatic heterocycles. The van der Waals surface area contributed by atoms with Crippen LogP contribution < -0.4 is 0 Å². The standard InChI is InChI=1S/C29H44O5Si.C18H31BrO5.C14H16O5.I2.HI/c1-19-20(2)24(34-27(31)29(6,7)8)25(33-23(19)18-32-26(30)28(3,4)5)22-14-12-13-21(17-22)15-16-35(9,10)11;1-10-11(2)13(24-16(21)18(6,7)8)14(19)23-12(10)9-22-15(20)17(3,4)5;1-2-8-4-3-5-9(6-8)14-13(18)12(17)11(16)10(7-15)19-14;1-2;/h12-14,17,19-20,23-25H,18H2,1-11H3;10-14H,9H2,1-8H3;1,3-6,10-18H,7H2;;1H/t19-,20-,23+,24-,25+;10-,11-,12+,13-,14-;10-,11-,12+,13+,14-;;/m001../s1. The Bertz CT molecular complexity index is 2440. The maximum atomic E-state index is 12.9. The molecule has 0 saturated carbocycles. The van der Waals surface area contributed by atoms with Gasteiger partial charge in [0.15, 0.2) is 0 Å². The number of esters is 4. The van der Waals surface area contributed by atoms with Gasteiger partial charge in [0.25, 0.3) is 0 Å². The minimum Gasteiger partial charge on any atom is -0.463 e. The molecule has 81 heavy (non-hydrogen) atoms. The first-order chi connectivity index (χ1) is 36.7. The highest BCUT2D eigenvalue weighted by atomic mass is 128. The molecule has 458 valence electrons. The molecule has 3 heterocycles. The van der Waals surface area contributed by atoms with E-state index in [0.717, 1.165) is 11.1 Å².